The molecule has 0 fully saturated rings. The number of benzene rings is 1. The first-order chi connectivity index (χ1) is 11.0. The van der Waals surface area contributed by atoms with E-state index in [-0.39, 0.29) is 13.0 Å². The van der Waals surface area contributed by atoms with E-state index in [1.165, 1.54) is 6.07 Å². The molecule has 23 heavy (non-hydrogen) atoms. The Hall–Kier alpha value is -2.96. The summed E-state index contributed by atoms with van der Waals surface area (Å²) in [6.45, 7) is 1.32. The van der Waals surface area contributed by atoms with E-state index in [9.17, 15) is 14.4 Å². The third-order valence-electron chi connectivity index (χ3n) is 3.27. The molecule has 2 rings (SSSR count). The quantitative estimate of drug-likeness (QED) is 0.824. The summed E-state index contributed by atoms with van der Waals surface area (Å²) < 4.78 is 1.02. The summed E-state index contributed by atoms with van der Waals surface area (Å²) in [5, 5.41) is 15.5. The smallest absolute Gasteiger partial charge is 0.326 e. The summed E-state index contributed by atoms with van der Waals surface area (Å²) in [7, 11) is 0. The van der Waals surface area contributed by atoms with Gasteiger partial charge in [-0.25, -0.2) is 9.48 Å². The van der Waals surface area contributed by atoms with Crippen molar-refractivity contribution in [1.82, 2.24) is 15.1 Å². The average Bonchev–Trinajstić information content (AvgIpc) is 2.55. The largest absolute Gasteiger partial charge is 0.480 e. The number of nitrogens with one attached hydrogen (secondary N) is 1. The molecule has 0 aliphatic rings. The molecular weight excluding hydrogens is 298 g/mol. The van der Waals surface area contributed by atoms with E-state index in [1.807, 2.05) is 30.3 Å². The zero-order chi connectivity index (χ0) is 16.8. The highest BCUT2D eigenvalue weighted by Gasteiger charge is 2.18. The van der Waals surface area contributed by atoms with E-state index in [1.54, 1.807) is 13.0 Å². The fourth-order valence-corrected chi connectivity index (χ4v) is 2.04. The molecule has 0 saturated heterocycles. The van der Waals surface area contributed by atoms with Crippen molar-refractivity contribution in [3.63, 3.8) is 0 Å². The van der Waals surface area contributed by atoms with Gasteiger partial charge in [-0.05, 0) is 12.5 Å². The van der Waals surface area contributed by atoms with E-state index in [4.69, 9.17) is 5.11 Å². The van der Waals surface area contributed by atoms with Crippen LogP contribution in [0.1, 0.15) is 13.3 Å². The zero-order valence-electron chi connectivity index (χ0n) is 12.6. The Labute approximate surface area is 132 Å². The van der Waals surface area contributed by atoms with Crippen molar-refractivity contribution in [3.8, 4) is 11.3 Å². The number of hydrogen-bond donors (Lipinski definition) is 2. The molecule has 2 aromatic rings. The molecule has 1 aromatic heterocycles. The van der Waals surface area contributed by atoms with Crippen molar-refractivity contribution in [2.45, 2.75) is 25.9 Å². The predicted octanol–water partition coefficient (Wildman–Crippen LogP) is 0.890. The molecule has 7 heteroatoms. The highest BCUT2D eigenvalue weighted by molar-refractivity contribution is 5.83. The minimum absolute atomic E-state index is 0.257. The first kappa shape index (κ1) is 16.4. The zero-order valence-corrected chi connectivity index (χ0v) is 12.6. The van der Waals surface area contributed by atoms with Crippen LogP contribution in [-0.4, -0.2) is 32.8 Å². The normalized spacial score (nSPS) is 11.7. The van der Waals surface area contributed by atoms with Gasteiger partial charge in [0.15, 0.2) is 0 Å². The fraction of sp³-hybridized carbons (Fsp3) is 0.250. The summed E-state index contributed by atoms with van der Waals surface area (Å²) in [6.07, 6.45) is 0.257. The second-order valence-corrected chi connectivity index (χ2v) is 4.95. The summed E-state index contributed by atoms with van der Waals surface area (Å²) in [6, 6.07) is 11.2. The SMILES string of the molecule is CCC(NC(=O)Cn1nc(-c2ccccc2)ccc1=O)C(=O)O. The minimum Gasteiger partial charge on any atom is -0.480 e. The first-order valence-electron chi connectivity index (χ1n) is 7.17. The Morgan fingerprint density at radius 2 is 1.91 bits per heavy atom. The molecule has 0 spiro atoms. The number of aromatic nitrogens is 2. The van der Waals surface area contributed by atoms with Crippen LogP contribution >= 0.6 is 0 Å². The van der Waals surface area contributed by atoms with Crippen LogP contribution in [0.3, 0.4) is 0 Å². The van der Waals surface area contributed by atoms with Gasteiger partial charge in [-0.1, -0.05) is 37.3 Å². The van der Waals surface area contributed by atoms with Crippen LogP contribution < -0.4 is 10.9 Å². The highest BCUT2D eigenvalue weighted by atomic mass is 16.4. The lowest BCUT2D eigenvalue weighted by atomic mass is 10.1. The van der Waals surface area contributed by atoms with Gasteiger partial charge >= 0.3 is 5.97 Å². The van der Waals surface area contributed by atoms with Crippen molar-refractivity contribution >= 4 is 11.9 Å². The molecule has 2 N–H and O–H groups in total. The van der Waals surface area contributed by atoms with Gasteiger partial charge in [-0.15, -0.1) is 0 Å². The van der Waals surface area contributed by atoms with E-state index in [0.717, 1.165) is 10.2 Å². The average molecular weight is 315 g/mol. The summed E-state index contributed by atoms with van der Waals surface area (Å²) >= 11 is 0. The number of carbonyl (C=O) groups excluding carboxylic acids is 1. The standard InChI is InChI=1S/C16H17N3O4/c1-2-12(16(22)23)17-14(20)10-19-15(21)9-8-13(18-19)11-6-4-3-5-7-11/h3-9,12H,2,10H2,1H3,(H,17,20)(H,22,23). The van der Waals surface area contributed by atoms with Crippen LogP contribution in [0.5, 0.6) is 0 Å². The summed E-state index contributed by atoms with van der Waals surface area (Å²) in [4.78, 5) is 34.7. The Morgan fingerprint density at radius 1 is 1.22 bits per heavy atom. The Balaban J connectivity index is 2.18. The molecule has 1 amide bonds. The second kappa shape index (κ2) is 7.35. The number of aliphatic carboxylic acids is 1. The van der Waals surface area contributed by atoms with Crippen LogP contribution in [0.15, 0.2) is 47.3 Å². The number of hydrogen-bond acceptors (Lipinski definition) is 4. The Bertz CT molecular complexity index is 755. The van der Waals surface area contributed by atoms with E-state index in [2.05, 4.69) is 10.4 Å². The summed E-state index contributed by atoms with van der Waals surface area (Å²) in [5.74, 6) is -1.68. The van der Waals surface area contributed by atoms with Crippen molar-refractivity contribution in [2.75, 3.05) is 0 Å². The topological polar surface area (TPSA) is 101 Å². The van der Waals surface area contributed by atoms with Gasteiger partial charge < -0.3 is 10.4 Å². The van der Waals surface area contributed by atoms with Crippen LogP contribution in [0.25, 0.3) is 11.3 Å². The van der Waals surface area contributed by atoms with Gasteiger partial charge in [0.05, 0.1) is 5.69 Å². The molecule has 1 atom stereocenters. The van der Waals surface area contributed by atoms with Gasteiger partial charge in [-0.2, -0.15) is 5.10 Å². The van der Waals surface area contributed by atoms with E-state index < -0.39 is 23.5 Å². The molecule has 1 heterocycles. The molecule has 0 aliphatic heterocycles. The van der Waals surface area contributed by atoms with Crippen molar-refractivity contribution in [3.05, 3.63) is 52.8 Å². The number of nitrogens with zero attached hydrogens (tertiary/aromatic N) is 2. The Morgan fingerprint density at radius 3 is 2.52 bits per heavy atom. The molecule has 0 aliphatic carbocycles. The van der Waals surface area contributed by atoms with E-state index in [0.29, 0.717) is 5.69 Å². The molecule has 1 aromatic carbocycles. The maximum absolute atomic E-state index is 11.9. The molecule has 7 nitrogen and oxygen atoms in total. The highest BCUT2D eigenvalue weighted by Crippen LogP contribution is 2.13. The number of amides is 1. The minimum atomic E-state index is -1.11. The van der Waals surface area contributed by atoms with Crippen LogP contribution in [0.2, 0.25) is 0 Å². The second-order valence-electron chi connectivity index (χ2n) is 4.95. The van der Waals surface area contributed by atoms with Gasteiger partial charge in [0, 0.05) is 11.6 Å². The molecule has 120 valence electrons. The van der Waals surface area contributed by atoms with Crippen molar-refractivity contribution in [2.24, 2.45) is 0 Å². The predicted molar refractivity (Wildman–Crippen MR) is 83.8 cm³/mol. The lowest BCUT2D eigenvalue weighted by Crippen LogP contribution is -2.43. The molecule has 0 radical (unpaired) electrons. The van der Waals surface area contributed by atoms with Gasteiger partial charge in [0.2, 0.25) is 5.91 Å². The first-order valence-corrected chi connectivity index (χ1v) is 7.17. The monoisotopic (exact) mass is 315 g/mol. The molecule has 1 unspecified atom stereocenters. The van der Waals surface area contributed by atoms with Crippen molar-refractivity contribution in [1.29, 1.82) is 0 Å². The fourth-order valence-electron chi connectivity index (χ4n) is 2.04. The van der Waals surface area contributed by atoms with Crippen molar-refractivity contribution < 1.29 is 14.7 Å². The maximum Gasteiger partial charge on any atom is 0.326 e. The Kier molecular flexibility index (Phi) is 5.24. The van der Waals surface area contributed by atoms with E-state index >= 15 is 0 Å². The number of carboxylic acids is 1. The molecular formula is C16H17N3O4. The van der Waals surface area contributed by atoms with Gasteiger partial charge in [-0.3, -0.25) is 9.59 Å². The van der Waals surface area contributed by atoms with Gasteiger partial charge in [0.25, 0.3) is 5.56 Å². The molecule has 0 saturated carbocycles. The number of carboxylic acid groups (broad SMARTS) is 1. The van der Waals surface area contributed by atoms with Crippen LogP contribution in [0.4, 0.5) is 0 Å². The van der Waals surface area contributed by atoms with Gasteiger partial charge in [0.1, 0.15) is 12.6 Å². The summed E-state index contributed by atoms with van der Waals surface area (Å²) in [5.41, 5.74) is 0.949. The maximum atomic E-state index is 11.9. The number of carbonyl (C=O) groups is 2. The lowest BCUT2D eigenvalue weighted by Gasteiger charge is -2.13. The van der Waals surface area contributed by atoms with Crippen LogP contribution in [-0.2, 0) is 16.1 Å². The number of rotatable bonds is 6. The van der Waals surface area contributed by atoms with Crippen LogP contribution in [0, 0.1) is 0 Å². The molecule has 0 bridgehead atoms. The third-order valence-corrected chi connectivity index (χ3v) is 3.27. The third kappa shape index (κ3) is 4.26. The lowest BCUT2D eigenvalue weighted by molar-refractivity contribution is -0.142.